The Bertz CT molecular complexity index is 307. The zero-order valence-electron chi connectivity index (χ0n) is 6.93. The molecule has 0 aromatic heterocycles. The van der Waals surface area contributed by atoms with Crippen LogP contribution in [0.2, 0.25) is 0 Å². The van der Waals surface area contributed by atoms with Gasteiger partial charge in [0.05, 0.1) is 0 Å². The molecule has 0 aliphatic heterocycles. The number of ether oxygens (including phenoxy) is 1. The summed E-state index contributed by atoms with van der Waals surface area (Å²) in [5, 5.41) is 0. The van der Waals surface area contributed by atoms with Crippen LogP contribution in [0.3, 0.4) is 0 Å². The number of carbonyl (C=O) groups is 1. The maximum Gasteiger partial charge on any atom is 0.500 e. The molecule has 12 heavy (non-hydrogen) atoms. The fraction of sp³-hybridized carbons (Fsp3) is 0.222. The summed E-state index contributed by atoms with van der Waals surface area (Å²) < 4.78 is 16.2. The van der Waals surface area contributed by atoms with E-state index in [0.717, 1.165) is 11.1 Å². The summed E-state index contributed by atoms with van der Waals surface area (Å²) in [4.78, 5) is 9.99. The molecule has 0 bridgehead atoms. The topological polar surface area (TPSA) is 26.3 Å². The van der Waals surface area contributed by atoms with Crippen LogP contribution in [0.1, 0.15) is 11.1 Å². The molecule has 0 saturated heterocycles. The molecule has 0 aliphatic carbocycles. The first-order valence-corrected chi connectivity index (χ1v) is 3.54. The maximum atomic E-state index is 11.8. The van der Waals surface area contributed by atoms with E-state index < -0.39 is 6.22 Å². The molecular formula is C9H9FO2. The second-order valence-electron chi connectivity index (χ2n) is 2.61. The van der Waals surface area contributed by atoms with Gasteiger partial charge in [-0.15, -0.1) is 4.39 Å². The third kappa shape index (κ3) is 2.05. The first-order valence-electron chi connectivity index (χ1n) is 3.54. The van der Waals surface area contributed by atoms with Crippen molar-refractivity contribution in [3.8, 4) is 5.75 Å². The van der Waals surface area contributed by atoms with Gasteiger partial charge in [0.2, 0.25) is 0 Å². The van der Waals surface area contributed by atoms with E-state index in [1.165, 1.54) is 0 Å². The van der Waals surface area contributed by atoms with Gasteiger partial charge in [-0.05, 0) is 31.0 Å². The quantitative estimate of drug-likeness (QED) is 0.602. The maximum absolute atomic E-state index is 11.8. The van der Waals surface area contributed by atoms with Gasteiger partial charge in [0.15, 0.2) is 0 Å². The van der Waals surface area contributed by atoms with Crippen molar-refractivity contribution in [3.63, 3.8) is 0 Å². The van der Waals surface area contributed by atoms with E-state index in [-0.39, 0.29) is 5.75 Å². The Kier molecular flexibility index (Phi) is 2.43. The minimum atomic E-state index is -1.77. The lowest BCUT2D eigenvalue weighted by Gasteiger charge is -2.03. The summed E-state index contributed by atoms with van der Waals surface area (Å²) in [6, 6.07) is 5.26. The Labute approximate surface area is 70.0 Å². The van der Waals surface area contributed by atoms with Crippen LogP contribution < -0.4 is 4.74 Å². The van der Waals surface area contributed by atoms with Gasteiger partial charge >= 0.3 is 6.22 Å². The van der Waals surface area contributed by atoms with Crippen LogP contribution in [0.4, 0.5) is 9.18 Å². The number of rotatable bonds is 1. The van der Waals surface area contributed by atoms with E-state index in [1.54, 1.807) is 19.1 Å². The summed E-state index contributed by atoms with van der Waals surface area (Å²) >= 11 is 0. The smallest absolute Gasteiger partial charge is 0.401 e. The van der Waals surface area contributed by atoms with Gasteiger partial charge in [0.1, 0.15) is 5.75 Å². The number of hydrogen-bond donors (Lipinski definition) is 0. The molecule has 0 amide bonds. The average molecular weight is 168 g/mol. The molecule has 0 radical (unpaired) electrons. The van der Waals surface area contributed by atoms with E-state index in [9.17, 15) is 9.18 Å². The van der Waals surface area contributed by atoms with Crippen LogP contribution in [0.15, 0.2) is 18.2 Å². The van der Waals surface area contributed by atoms with Crippen LogP contribution >= 0.6 is 0 Å². The monoisotopic (exact) mass is 168 g/mol. The molecule has 0 heterocycles. The van der Waals surface area contributed by atoms with Crippen LogP contribution in [-0.4, -0.2) is 6.22 Å². The summed E-state index contributed by atoms with van der Waals surface area (Å²) in [6.45, 7) is 3.59. The minimum absolute atomic E-state index is 0.280. The first-order chi connectivity index (χ1) is 5.59. The van der Waals surface area contributed by atoms with Gasteiger partial charge < -0.3 is 4.74 Å². The molecule has 64 valence electrons. The second kappa shape index (κ2) is 3.34. The van der Waals surface area contributed by atoms with Crippen LogP contribution in [-0.2, 0) is 0 Å². The summed E-state index contributed by atoms with van der Waals surface area (Å²) in [5.74, 6) is 0.280. The van der Waals surface area contributed by atoms with Crippen molar-refractivity contribution in [2.24, 2.45) is 0 Å². The Hall–Kier alpha value is -1.38. The number of carbonyl (C=O) groups excluding carboxylic acids is 1. The number of benzene rings is 1. The van der Waals surface area contributed by atoms with E-state index >= 15 is 0 Å². The van der Waals surface area contributed by atoms with Crippen LogP contribution in [0, 0.1) is 13.8 Å². The highest BCUT2D eigenvalue weighted by Crippen LogP contribution is 2.19. The molecule has 0 atom stereocenters. The molecule has 2 nitrogen and oxygen atoms in total. The van der Waals surface area contributed by atoms with E-state index in [4.69, 9.17) is 0 Å². The van der Waals surface area contributed by atoms with Crippen molar-refractivity contribution in [2.75, 3.05) is 0 Å². The standard InChI is InChI=1S/C9H9FO2/c1-6-3-4-7(2)8(5-6)12-9(10)11/h3-5H,1-2H3. The molecule has 0 aliphatic rings. The van der Waals surface area contributed by atoms with Crippen molar-refractivity contribution in [1.82, 2.24) is 0 Å². The van der Waals surface area contributed by atoms with Gasteiger partial charge in [-0.2, -0.15) is 0 Å². The van der Waals surface area contributed by atoms with Gasteiger partial charge in [-0.1, -0.05) is 12.1 Å². The molecule has 1 aromatic rings. The summed E-state index contributed by atoms with van der Waals surface area (Å²) in [6.07, 6.45) is -1.77. The Morgan fingerprint density at radius 1 is 1.42 bits per heavy atom. The molecule has 0 unspecified atom stereocenters. The second-order valence-corrected chi connectivity index (χ2v) is 2.61. The largest absolute Gasteiger partial charge is 0.500 e. The molecule has 1 aromatic carbocycles. The molecule has 0 saturated carbocycles. The lowest BCUT2D eigenvalue weighted by molar-refractivity contribution is 0.175. The predicted molar refractivity (Wildman–Crippen MR) is 43.0 cm³/mol. The summed E-state index contributed by atoms with van der Waals surface area (Å²) in [7, 11) is 0. The Morgan fingerprint density at radius 2 is 2.08 bits per heavy atom. The van der Waals surface area contributed by atoms with Crippen LogP contribution in [0.5, 0.6) is 5.75 Å². The average Bonchev–Trinajstić information content (AvgIpc) is 1.96. The van der Waals surface area contributed by atoms with Gasteiger partial charge in [0.25, 0.3) is 0 Å². The molecule has 0 spiro atoms. The third-order valence-electron chi connectivity index (χ3n) is 1.53. The summed E-state index contributed by atoms with van der Waals surface area (Å²) in [5.41, 5.74) is 1.67. The van der Waals surface area contributed by atoms with Crippen LogP contribution in [0.25, 0.3) is 0 Å². The highest BCUT2D eigenvalue weighted by molar-refractivity contribution is 5.63. The Balaban J connectivity index is 2.97. The number of halogens is 1. The van der Waals surface area contributed by atoms with Crippen molar-refractivity contribution in [2.45, 2.75) is 13.8 Å². The highest BCUT2D eigenvalue weighted by atomic mass is 19.1. The Morgan fingerprint density at radius 3 is 2.67 bits per heavy atom. The third-order valence-corrected chi connectivity index (χ3v) is 1.53. The molecule has 0 fully saturated rings. The van der Waals surface area contributed by atoms with Crippen molar-refractivity contribution in [3.05, 3.63) is 29.3 Å². The molecule has 1 rings (SSSR count). The molecule has 0 N–H and O–H groups in total. The highest BCUT2D eigenvalue weighted by Gasteiger charge is 2.04. The van der Waals surface area contributed by atoms with Crippen molar-refractivity contribution in [1.29, 1.82) is 0 Å². The minimum Gasteiger partial charge on any atom is -0.401 e. The van der Waals surface area contributed by atoms with Crippen molar-refractivity contribution < 1.29 is 13.9 Å². The van der Waals surface area contributed by atoms with Gasteiger partial charge in [-0.3, -0.25) is 0 Å². The van der Waals surface area contributed by atoms with Crippen molar-refractivity contribution >= 4 is 6.22 Å². The molecule has 3 heteroatoms. The fourth-order valence-corrected chi connectivity index (χ4v) is 0.904. The van der Waals surface area contributed by atoms with E-state index in [2.05, 4.69) is 4.74 Å². The molecular weight excluding hydrogens is 159 g/mol. The van der Waals surface area contributed by atoms with Gasteiger partial charge in [-0.25, -0.2) is 4.79 Å². The number of aryl methyl sites for hydroxylation is 2. The van der Waals surface area contributed by atoms with E-state index in [0.29, 0.717) is 0 Å². The lowest BCUT2D eigenvalue weighted by Crippen LogP contribution is -1.99. The predicted octanol–water partition coefficient (Wildman–Crippen LogP) is 2.77. The van der Waals surface area contributed by atoms with Gasteiger partial charge in [0, 0.05) is 0 Å². The fourth-order valence-electron chi connectivity index (χ4n) is 0.904. The zero-order valence-corrected chi connectivity index (χ0v) is 6.93. The normalized spacial score (nSPS) is 9.58. The SMILES string of the molecule is Cc1ccc(C)c(OC(=O)F)c1. The first kappa shape index (κ1) is 8.71. The van der Waals surface area contributed by atoms with E-state index in [1.807, 2.05) is 13.0 Å². The lowest BCUT2D eigenvalue weighted by atomic mass is 10.1. The number of hydrogen-bond acceptors (Lipinski definition) is 2. The zero-order chi connectivity index (χ0) is 9.14.